The zero-order valence-corrected chi connectivity index (χ0v) is 6.62. The Morgan fingerprint density at radius 1 is 1.70 bits per heavy atom. The van der Waals surface area contributed by atoms with Crippen molar-refractivity contribution < 1.29 is 4.79 Å². The summed E-state index contributed by atoms with van der Waals surface area (Å²) in [5.41, 5.74) is 4.88. The first-order valence-electron chi connectivity index (χ1n) is 2.90. The number of nitrogens with one attached hydrogen (secondary N) is 2. The zero-order chi connectivity index (χ0) is 7.98. The van der Waals surface area contributed by atoms with Crippen LogP contribution in [0.5, 0.6) is 0 Å². The molecule has 0 aromatic rings. The topological polar surface area (TPSA) is 67.2 Å². The molecule has 1 amide bonds. The second kappa shape index (κ2) is 4.99. The normalized spacial score (nSPS) is 8.50. The third kappa shape index (κ3) is 5.30. The molecular weight excluding hydrogens is 150 g/mol. The first-order chi connectivity index (χ1) is 4.66. The Labute approximate surface area is 65.2 Å². The molecule has 5 heteroatoms. The van der Waals surface area contributed by atoms with Crippen LogP contribution in [-0.4, -0.2) is 24.6 Å². The minimum absolute atomic E-state index is 0.307. The van der Waals surface area contributed by atoms with Crippen LogP contribution >= 0.6 is 12.2 Å². The van der Waals surface area contributed by atoms with Crippen molar-refractivity contribution in [3.05, 3.63) is 0 Å². The first-order valence-corrected chi connectivity index (χ1v) is 3.31. The Hall–Kier alpha value is -0.840. The Morgan fingerprint density at radius 2 is 2.30 bits per heavy atom. The highest BCUT2D eigenvalue weighted by atomic mass is 32.1. The van der Waals surface area contributed by atoms with Gasteiger partial charge >= 0.3 is 0 Å². The van der Waals surface area contributed by atoms with Gasteiger partial charge in [0.05, 0.1) is 0 Å². The number of carbonyl (C=O) groups is 1. The number of hydrogen-bond donors (Lipinski definition) is 3. The van der Waals surface area contributed by atoms with E-state index in [9.17, 15) is 4.79 Å². The Morgan fingerprint density at radius 3 is 2.70 bits per heavy atom. The summed E-state index contributed by atoms with van der Waals surface area (Å²) in [6.45, 7) is 0.495. The second-order valence-corrected chi connectivity index (χ2v) is 2.13. The van der Waals surface area contributed by atoms with Crippen molar-refractivity contribution in [2.75, 3.05) is 13.6 Å². The van der Waals surface area contributed by atoms with E-state index in [4.69, 9.17) is 18.0 Å². The van der Waals surface area contributed by atoms with Gasteiger partial charge in [0.2, 0.25) is 5.91 Å². The van der Waals surface area contributed by atoms with Gasteiger partial charge in [-0.05, 0) is 12.2 Å². The van der Waals surface area contributed by atoms with Crippen molar-refractivity contribution in [1.29, 1.82) is 0 Å². The van der Waals surface area contributed by atoms with Crippen molar-refractivity contribution in [1.82, 2.24) is 10.6 Å². The van der Waals surface area contributed by atoms with E-state index < -0.39 is 0 Å². The molecule has 0 aliphatic rings. The molecule has 4 N–H and O–H groups in total. The van der Waals surface area contributed by atoms with Gasteiger partial charge < -0.3 is 16.4 Å². The van der Waals surface area contributed by atoms with Crippen LogP contribution in [0.15, 0.2) is 0 Å². The zero-order valence-electron chi connectivity index (χ0n) is 5.81. The molecule has 0 spiro atoms. The minimum atomic E-state index is -0.327. The van der Waals surface area contributed by atoms with Crippen LogP contribution < -0.4 is 16.4 Å². The summed E-state index contributed by atoms with van der Waals surface area (Å²) >= 11 is 4.73. The van der Waals surface area contributed by atoms with Crippen molar-refractivity contribution in [2.45, 2.75) is 6.42 Å². The van der Waals surface area contributed by atoms with Gasteiger partial charge in [0.15, 0.2) is 5.11 Å². The van der Waals surface area contributed by atoms with Gasteiger partial charge in [-0.25, -0.2) is 0 Å². The van der Waals surface area contributed by atoms with Gasteiger partial charge in [-0.3, -0.25) is 4.79 Å². The number of carbonyl (C=O) groups excluding carboxylic acids is 1. The SMILES string of the molecule is CNC(=S)NCCC(N)=O. The van der Waals surface area contributed by atoms with Crippen LogP contribution in [0.3, 0.4) is 0 Å². The molecule has 0 rings (SSSR count). The lowest BCUT2D eigenvalue weighted by Crippen LogP contribution is -2.34. The predicted molar refractivity (Wildman–Crippen MR) is 43.5 cm³/mol. The molecule has 0 atom stereocenters. The standard InChI is InChI=1S/C5H11N3OS/c1-7-5(10)8-3-2-4(6)9/h2-3H2,1H3,(H2,6,9)(H2,7,8,10). The van der Waals surface area contributed by atoms with Crippen LogP contribution in [0.25, 0.3) is 0 Å². The number of primary amides is 1. The molecule has 0 bridgehead atoms. The molecular formula is C5H11N3OS. The average Bonchev–Trinajstić information content (AvgIpc) is 1.87. The highest BCUT2D eigenvalue weighted by molar-refractivity contribution is 7.80. The number of hydrogen-bond acceptors (Lipinski definition) is 2. The summed E-state index contributed by atoms with van der Waals surface area (Å²) in [4.78, 5) is 10.2. The van der Waals surface area contributed by atoms with Crippen LogP contribution in [0, 0.1) is 0 Å². The maximum atomic E-state index is 10.2. The van der Waals surface area contributed by atoms with E-state index in [-0.39, 0.29) is 5.91 Å². The van der Waals surface area contributed by atoms with Crippen LogP contribution in [0.2, 0.25) is 0 Å². The lowest BCUT2D eigenvalue weighted by atomic mass is 10.4. The van der Waals surface area contributed by atoms with E-state index >= 15 is 0 Å². The third-order valence-corrected chi connectivity index (χ3v) is 1.23. The maximum absolute atomic E-state index is 10.2. The largest absolute Gasteiger partial charge is 0.370 e. The third-order valence-electron chi connectivity index (χ3n) is 0.884. The second-order valence-electron chi connectivity index (χ2n) is 1.72. The summed E-state index contributed by atoms with van der Waals surface area (Å²) in [5, 5.41) is 6.02. The van der Waals surface area contributed by atoms with Gasteiger partial charge in [0.25, 0.3) is 0 Å². The lowest BCUT2D eigenvalue weighted by Gasteiger charge is -2.03. The van der Waals surface area contributed by atoms with Crippen LogP contribution in [0.1, 0.15) is 6.42 Å². The van der Waals surface area contributed by atoms with E-state index in [0.29, 0.717) is 18.1 Å². The molecule has 0 aromatic carbocycles. The average molecular weight is 161 g/mol. The van der Waals surface area contributed by atoms with Crippen molar-refractivity contribution in [2.24, 2.45) is 5.73 Å². The van der Waals surface area contributed by atoms with E-state index in [1.165, 1.54) is 0 Å². The van der Waals surface area contributed by atoms with Crippen molar-refractivity contribution >= 4 is 23.2 Å². The summed E-state index contributed by atoms with van der Waals surface area (Å²) in [5.74, 6) is -0.327. The summed E-state index contributed by atoms with van der Waals surface area (Å²) in [6.07, 6.45) is 0.307. The fourth-order valence-corrected chi connectivity index (χ4v) is 0.490. The monoisotopic (exact) mass is 161 g/mol. The Bertz CT molecular complexity index is 137. The van der Waals surface area contributed by atoms with Crippen LogP contribution in [-0.2, 0) is 4.79 Å². The molecule has 0 radical (unpaired) electrons. The Kier molecular flexibility index (Phi) is 4.57. The Balaban J connectivity index is 3.20. The van der Waals surface area contributed by atoms with Crippen molar-refractivity contribution in [3.63, 3.8) is 0 Å². The number of rotatable bonds is 3. The molecule has 0 unspecified atom stereocenters. The quantitative estimate of drug-likeness (QED) is 0.462. The minimum Gasteiger partial charge on any atom is -0.370 e. The number of amides is 1. The first kappa shape index (κ1) is 9.16. The highest BCUT2D eigenvalue weighted by Gasteiger charge is 1.93. The van der Waals surface area contributed by atoms with E-state index in [2.05, 4.69) is 10.6 Å². The molecule has 0 saturated heterocycles. The van der Waals surface area contributed by atoms with E-state index in [1.54, 1.807) is 7.05 Å². The van der Waals surface area contributed by atoms with Gasteiger partial charge in [-0.15, -0.1) is 0 Å². The molecule has 0 aliphatic heterocycles. The van der Waals surface area contributed by atoms with E-state index in [0.717, 1.165) is 0 Å². The molecule has 58 valence electrons. The van der Waals surface area contributed by atoms with Gasteiger partial charge in [-0.1, -0.05) is 0 Å². The van der Waals surface area contributed by atoms with Gasteiger partial charge in [-0.2, -0.15) is 0 Å². The molecule has 0 fully saturated rings. The van der Waals surface area contributed by atoms with Crippen LogP contribution in [0.4, 0.5) is 0 Å². The summed E-state index contributed by atoms with van der Waals surface area (Å²) < 4.78 is 0. The number of nitrogens with two attached hydrogens (primary N) is 1. The summed E-state index contributed by atoms with van der Waals surface area (Å²) in [7, 11) is 1.71. The lowest BCUT2D eigenvalue weighted by molar-refractivity contribution is -0.117. The fraction of sp³-hybridized carbons (Fsp3) is 0.600. The molecule has 0 aliphatic carbocycles. The van der Waals surface area contributed by atoms with Gasteiger partial charge in [0.1, 0.15) is 0 Å². The summed E-state index contributed by atoms with van der Waals surface area (Å²) in [6, 6.07) is 0. The molecule has 0 aromatic heterocycles. The molecule has 0 saturated carbocycles. The molecule has 10 heavy (non-hydrogen) atoms. The van der Waals surface area contributed by atoms with Gasteiger partial charge in [0, 0.05) is 20.0 Å². The molecule has 4 nitrogen and oxygen atoms in total. The predicted octanol–water partition coefficient (Wildman–Crippen LogP) is -1.04. The van der Waals surface area contributed by atoms with Crippen molar-refractivity contribution in [3.8, 4) is 0 Å². The van der Waals surface area contributed by atoms with E-state index in [1.807, 2.05) is 0 Å². The highest BCUT2D eigenvalue weighted by Crippen LogP contribution is 1.72. The maximum Gasteiger partial charge on any atom is 0.219 e. The fourth-order valence-electron chi connectivity index (χ4n) is 0.388. The smallest absolute Gasteiger partial charge is 0.219 e. The molecule has 0 heterocycles. The number of thiocarbonyl (C=S) groups is 1.